The number of aliphatic imine (C=N–C) groups is 1. The van der Waals surface area contributed by atoms with Crippen LogP contribution in [0.15, 0.2) is 29.5 Å². The summed E-state index contributed by atoms with van der Waals surface area (Å²) in [5, 5.41) is 3.44. The molecule has 6 heteroatoms. The number of hydrogen-bond donors (Lipinski definition) is 1. The molecule has 1 unspecified atom stereocenters. The SMILES string of the molecule is CN=C(NCCc1cn2cccc(C)c2n1)N(C)CC1CCOC1. The normalized spacial score (nSPS) is 18.3. The maximum absolute atomic E-state index is 5.45. The number of ether oxygens (including phenoxy) is 1. The topological polar surface area (TPSA) is 54.2 Å². The first-order valence-electron chi connectivity index (χ1n) is 8.60. The Morgan fingerprint density at radius 2 is 2.42 bits per heavy atom. The lowest BCUT2D eigenvalue weighted by Crippen LogP contribution is -2.42. The lowest BCUT2D eigenvalue weighted by molar-refractivity contribution is 0.181. The van der Waals surface area contributed by atoms with E-state index in [-0.39, 0.29) is 0 Å². The molecule has 0 aromatic carbocycles. The van der Waals surface area contributed by atoms with E-state index in [9.17, 15) is 0 Å². The lowest BCUT2D eigenvalue weighted by Gasteiger charge is -2.24. The van der Waals surface area contributed by atoms with Crippen LogP contribution in [0.25, 0.3) is 5.65 Å². The molecule has 0 amide bonds. The van der Waals surface area contributed by atoms with Gasteiger partial charge in [-0.25, -0.2) is 4.98 Å². The summed E-state index contributed by atoms with van der Waals surface area (Å²) < 4.78 is 7.54. The van der Waals surface area contributed by atoms with E-state index in [1.807, 2.05) is 13.2 Å². The van der Waals surface area contributed by atoms with Gasteiger partial charge in [0.1, 0.15) is 5.65 Å². The molecule has 3 heterocycles. The molecular formula is C18H27N5O. The maximum atomic E-state index is 5.45. The molecule has 0 spiro atoms. The molecule has 6 nitrogen and oxygen atoms in total. The van der Waals surface area contributed by atoms with Gasteiger partial charge in [-0.1, -0.05) is 6.07 Å². The number of imidazole rings is 1. The zero-order valence-corrected chi connectivity index (χ0v) is 14.8. The summed E-state index contributed by atoms with van der Waals surface area (Å²) in [6.07, 6.45) is 6.16. The van der Waals surface area contributed by atoms with Gasteiger partial charge in [-0.2, -0.15) is 0 Å². The van der Waals surface area contributed by atoms with E-state index in [0.29, 0.717) is 5.92 Å². The van der Waals surface area contributed by atoms with Crippen molar-refractivity contribution < 1.29 is 4.74 Å². The quantitative estimate of drug-likeness (QED) is 0.670. The largest absolute Gasteiger partial charge is 0.381 e. The molecule has 130 valence electrons. The Bertz CT molecular complexity index is 702. The van der Waals surface area contributed by atoms with Crippen molar-refractivity contribution in [1.82, 2.24) is 19.6 Å². The van der Waals surface area contributed by atoms with Crippen molar-refractivity contribution in [2.75, 3.05) is 40.4 Å². The molecule has 1 aliphatic rings. The molecule has 1 saturated heterocycles. The standard InChI is InChI=1S/C18H27N5O/c1-14-5-4-9-23-12-16(21-17(14)23)6-8-20-18(19-2)22(3)11-15-7-10-24-13-15/h4-5,9,12,15H,6-8,10-11,13H2,1-3H3,(H,19,20). The molecule has 24 heavy (non-hydrogen) atoms. The monoisotopic (exact) mass is 329 g/mol. The minimum Gasteiger partial charge on any atom is -0.381 e. The van der Waals surface area contributed by atoms with Crippen LogP contribution in [0, 0.1) is 12.8 Å². The van der Waals surface area contributed by atoms with Gasteiger partial charge in [0.15, 0.2) is 5.96 Å². The van der Waals surface area contributed by atoms with Crippen LogP contribution >= 0.6 is 0 Å². The average molecular weight is 329 g/mol. The predicted molar refractivity (Wildman–Crippen MR) is 96.6 cm³/mol. The highest BCUT2D eigenvalue weighted by Crippen LogP contribution is 2.13. The van der Waals surface area contributed by atoms with Gasteiger partial charge in [0, 0.05) is 58.5 Å². The van der Waals surface area contributed by atoms with Gasteiger partial charge in [-0.05, 0) is 25.0 Å². The van der Waals surface area contributed by atoms with Crippen LogP contribution in [0.5, 0.6) is 0 Å². The minimum atomic E-state index is 0.606. The van der Waals surface area contributed by atoms with E-state index in [1.54, 1.807) is 0 Å². The van der Waals surface area contributed by atoms with Gasteiger partial charge in [-0.3, -0.25) is 4.99 Å². The van der Waals surface area contributed by atoms with Crippen molar-refractivity contribution in [2.24, 2.45) is 10.9 Å². The Morgan fingerprint density at radius 1 is 1.54 bits per heavy atom. The third kappa shape index (κ3) is 3.87. The summed E-state index contributed by atoms with van der Waals surface area (Å²) in [5.41, 5.74) is 3.33. The molecule has 1 atom stereocenters. The Hall–Kier alpha value is -2.08. The Kier molecular flexibility index (Phi) is 5.35. The number of aryl methyl sites for hydroxylation is 1. The number of nitrogens with one attached hydrogen (secondary N) is 1. The van der Waals surface area contributed by atoms with Gasteiger partial charge < -0.3 is 19.4 Å². The summed E-state index contributed by atoms with van der Waals surface area (Å²) in [6.45, 7) is 5.64. The average Bonchev–Trinajstić information content (AvgIpc) is 3.21. The van der Waals surface area contributed by atoms with Gasteiger partial charge >= 0.3 is 0 Å². The van der Waals surface area contributed by atoms with E-state index in [2.05, 4.69) is 51.9 Å². The number of fused-ring (bicyclic) bond motifs is 1. The van der Waals surface area contributed by atoms with Crippen LogP contribution in [-0.2, 0) is 11.2 Å². The van der Waals surface area contributed by atoms with Crippen LogP contribution < -0.4 is 5.32 Å². The third-order valence-electron chi connectivity index (χ3n) is 4.52. The van der Waals surface area contributed by atoms with E-state index >= 15 is 0 Å². The van der Waals surface area contributed by atoms with Crippen molar-refractivity contribution in [1.29, 1.82) is 0 Å². The molecule has 2 aromatic heterocycles. The second-order valence-electron chi connectivity index (χ2n) is 6.49. The molecule has 3 rings (SSSR count). The van der Waals surface area contributed by atoms with E-state index < -0.39 is 0 Å². The zero-order valence-electron chi connectivity index (χ0n) is 14.8. The van der Waals surface area contributed by atoms with Crippen molar-refractivity contribution in [3.05, 3.63) is 35.8 Å². The Morgan fingerprint density at radius 3 is 3.12 bits per heavy atom. The second-order valence-corrected chi connectivity index (χ2v) is 6.49. The number of rotatable bonds is 5. The summed E-state index contributed by atoms with van der Waals surface area (Å²) >= 11 is 0. The number of aromatic nitrogens is 2. The van der Waals surface area contributed by atoms with Crippen molar-refractivity contribution >= 4 is 11.6 Å². The number of pyridine rings is 1. The van der Waals surface area contributed by atoms with Crippen LogP contribution in [0.3, 0.4) is 0 Å². The van der Waals surface area contributed by atoms with Gasteiger partial charge in [0.25, 0.3) is 0 Å². The predicted octanol–water partition coefficient (Wildman–Crippen LogP) is 1.73. The maximum Gasteiger partial charge on any atom is 0.193 e. The number of nitrogens with zero attached hydrogens (tertiary/aromatic N) is 4. The second kappa shape index (κ2) is 7.66. The highest BCUT2D eigenvalue weighted by atomic mass is 16.5. The van der Waals surface area contributed by atoms with E-state index in [4.69, 9.17) is 9.72 Å². The first kappa shape index (κ1) is 16.8. The fourth-order valence-electron chi connectivity index (χ4n) is 3.21. The van der Waals surface area contributed by atoms with Crippen molar-refractivity contribution in [2.45, 2.75) is 19.8 Å². The molecule has 0 saturated carbocycles. The van der Waals surface area contributed by atoms with Gasteiger partial charge in [0.2, 0.25) is 0 Å². The highest BCUT2D eigenvalue weighted by Gasteiger charge is 2.19. The lowest BCUT2D eigenvalue weighted by atomic mass is 10.1. The molecule has 0 radical (unpaired) electrons. The fraction of sp³-hybridized carbons (Fsp3) is 0.556. The Balaban J connectivity index is 1.52. The van der Waals surface area contributed by atoms with Crippen LogP contribution in [-0.4, -0.2) is 60.6 Å². The van der Waals surface area contributed by atoms with Crippen molar-refractivity contribution in [3.8, 4) is 0 Å². The van der Waals surface area contributed by atoms with Gasteiger partial charge in [-0.15, -0.1) is 0 Å². The van der Waals surface area contributed by atoms with Gasteiger partial charge in [0.05, 0.1) is 12.3 Å². The molecule has 1 aliphatic heterocycles. The van der Waals surface area contributed by atoms with Crippen molar-refractivity contribution in [3.63, 3.8) is 0 Å². The van der Waals surface area contributed by atoms with E-state index in [1.165, 1.54) is 5.56 Å². The third-order valence-corrected chi connectivity index (χ3v) is 4.52. The smallest absolute Gasteiger partial charge is 0.193 e. The molecular weight excluding hydrogens is 302 g/mol. The molecule has 0 aliphatic carbocycles. The van der Waals surface area contributed by atoms with Crippen LogP contribution in [0.2, 0.25) is 0 Å². The molecule has 0 bridgehead atoms. The summed E-state index contributed by atoms with van der Waals surface area (Å²) in [4.78, 5) is 11.3. The highest BCUT2D eigenvalue weighted by molar-refractivity contribution is 5.79. The summed E-state index contributed by atoms with van der Waals surface area (Å²) in [7, 11) is 3.92. The summed E-state index contributed by atoms with van der Waals surface area (Å²) in [5.74, 6) is 1.54. The molecule has 2 aromatic rings. The first-order chi connectivity index (χ1) is 11.7. The fourth-order valence-corrected chi connectivity index (χ4v) is 3.21. The Labute approximate surface area is 143 Å². The number of hydrogen-bond acceptors (Lipinski definition) is 3. The summed E-state index contributed by atoms with van der Waals surface area (Å²) in [6, 6.07) is 4.14. The number of guanidine groups is 1. The molecule has 1 N–H and O–H groups in total. The van der Waals surface area contributed by atoms with E-state index in [0.717, 1.165) is 56.4 Å². The zero-order chi connectivity index (χ0) is 16.9. The molecule has 1 fully saturated rings. The van der Waals surface area contributed by atoms with Crippen LogP contribution in [0.4, 0.5) is 0 Å². The van der Waals surface area contributed by atoms with Crippen LogP contribution in [0.1, 0.15) is 17.7 Å². The first-order valence-corrected chi connectivity index (χ1v) is 8.60. The minimum absolute atomic E-state index is 0.606.